The Morgan fingerprint density at radius 3 is 2.62 bits per heavy atom. The van der Waals surface area contributed by atoms with Gasteiger partial charge in [-0.3, -0.25) is 19.3 Å². The first-order valence-corrected chi connectivity index (χ1v) is 9.44. The summed E-state index contributed by atoms with van der Waals surface area (Å²) >= 11 is 0. The third-order valence-electron chi connectivity index (χ3n) is 5.14. The van der Waals surface area contributed by atoms with Crippen LogP contribution in [0.15, 0.2) is 24.3 Å². The number of benzene rings is 1. The average molecular weight is 358 g/mol. The summed E-state index contributed by atoms with van der Waals surface area (Å²) in [5, 5.41) is 0. The molecule has 1 aromatic carbocycles. The molecule has 1 saturated carbocycles. The number of amides is 2. The normalized spacial score (nSPS) is 18.5. The summed E-state index contributed by atoms with van der Waals surface area (Å²) in [6.07, 6.45) is 5.83. The van der Waals surface area contributed by atoms with Crippen molar-refractivity contribution in [2.45, 2.75) is 39.0 Å². The van der Waals surface area contributed by atoms with Crippen molar-refractivity contribution in [3.8, 4) is 0 Å². The molecular formula is C20H26N2O4. The minimum Gasteiger partial charge on any atom is -0.465 e. The van der Waals surface area contributed by atoms with Crippen molar-refractivity contribution in [1.29, 1.82) is 0 Å². The van der Waals surface area contributed by atoms with Crippen molar-refractivity contribution in [1.82, 2.24) is 4.90 Å². The van der Waals surface area contributed by atoms with Crippen LogP contribution in [-0.4, -0.2) is 48.9 Å². The van der Waals surface area contributed by atoms with Crippen LogP contribution >= 0.6 is 0 Å². The molecule has 0 aromatic heterocycles. The number of hydrogen-bond acceptors (Lipinski definition) is 4. The number of carbonyl (C=O) groups excluding carboxylic acids is 3. The van der Waals surface area contributed by atoms with Gasteiger partial charge >= 0.3 is 5.97 Å². The highest BCUT2D eigenvalue weighted by Crippen LogP contribution is 2.29. The van der Waals surface area contributed by atoms with E-state index >= 15 is 0 Å². The van der Waals surface area contributed by atoms with Gasteiger partial charge in [0, 0.05) is 6.54 Å². The maximum Gasteiger partial charge on any atom is 0.326 e. The lowest BCUT2D eigenvalue weighted by Gasteiger charge is -2.28. The lowest BCUT2D eigenvalue weighted by Crippen LogP contribution is -2.43. The van der Waals surface area contributed by atoms with Crippen LogP contribution in [0.25, 0.3) is 0 Å². The minimum atomic E-state index is -0.469. The molecule has 140 valence electrons. The number of esters is 1. The molecule has 1 aliphatic heterocycles. The molecule has 3 rings (SSSR count). The van der Waals surface area contributed by atoms with E-state index in [-0.39, 0.29) is 31.5 Å². The summed E-state index contributed by atoms with van der Waals surface area (Å²) in [5.41, 5.74) is 0.958. The van der Waals surface area contributed by atoms with Gasteiger partial charge in [0.25, 0.3) is 5.91 Å². The van der Waals surface area contributed by atoms with E-state index in [0.717, 1.165) is 12.8 Å². The van der Waals surface area contributed by atoms with Crippen molar-refractivity contribution in [3.05, 3.63) is 29.8 Å². The fraction of sp³-hybridized carbons (Fsp3) is 0.550. The SMILES string of the molecule is CCOC(=O)CN1C(=O)CN(CC2CCCCC2)C(=O)c2ccccc21. The summed E-state index contributed by atoms with van der Waals surface area (Å²) in [4.78, 5) is 40.9. The first kappa shape index (κ1) is 18.4. The quantitative estimate of drug-likeness (QED) is 0.759. The number of para-hydroxylation sites is 1. The molecule has 0 N–H and O–H groups in total. The summed E-state index contributed by atoms with van der Waals surface area (Å²) in [6.45, 7) is 2.42. The standard InChI is InChI=1S/C20H26N2O4/c1-2-26-19(24)14-22-17-11-7-6-10-16(17)20(25)21(13-18(22)23)12-15-8-4-3-5-9-15/h6-7,10-11,15H,2-5,8-9,12-14H2,1H3. The Balaban J connectivity index is 1.85. The molecule has 26 heavy (non-hydrogen) atoms. The van der Waals surface area contributed by atoms with Gasteiger partial charge in [-0.15, -0.1) is 0 Å². The van der Waals surface area contributed by atoms with E-state index in [4.69, 9.17) is 4.74 Å². The predicted octanol–water partition coefficient (Wildman–Crippen LogP) is 2.62. The number of fused-ring (bicyclic) bond motifs is 1. The predicted molar refractivity (Wildman–Crippen MR) is 97.9 cm³/mol. The van der Waals surface area contributed by atoms with Gasteiger partial charge in [0.1, 0.15) is 13.1 Å². The lowest BCUT2D eigenvalue weighted by atomic mass is 9.89. The molecule has 6 nitrogen and oxygen atoms in total. The van der Waals surface area contributed by atoms with Crippen molar-refractivity contribution < 1.29 is 19.1 Å². The highest BCUT2D eigenvalue weighted by atomic mass is 16.5. The van der Waals surface area contributed by atoms with Gasteiger partial charge < -0.3 is 9.64 Å². The maximum absolute atomic E-state index is 13.0. The highest BCUT2D eigenvalue weighted by Gasteiger charge is 2.33. The molecule has 1 aromatic rings. The van der Waals surface area contributed by atoms with Gasteiger partial charge in [0.2, 0.25) is 5.91 Å². The smallest absolute Gasteiger partial charge is 0.326 e. The monoisotopic (exact) mass is 358 g/mol. The molecule has 0 saturated heterocycles. The number of ether oxygens (including phenoxy) is 1. The maximum atomic E-state index is 13.0. The van der Waals surface area contributed by atoms with E-state index in [0.29, 0.717) is 23.7 Å². The van der Waals surface area contributed by atoms with E-state index in [1.165, 1.54) is 24.2 Å². The third kappa shape index (κ3) is 4.06. The molecule has 0 spiro atoms. The van der Waals surface area contributed by atoms with Crippen LogP contribution in [0.5, 0.6) is 0 Å². The number of anilines is 1. The fourth-order valence-corrected chi connectivity index (χ4v) is 3.85. The molecule has 0 unspecified atom stereocenters. The van der Waals surface area contributed by atoms with Crippen LogP contribution in [0.4, 0.5) is 5.69 Å². The largest absolute Gasteiger partial charge is 0.465 e. The molecule has 1 aliphatic carbocycles. The van der Waals surface area contributed by atoms with Crippen LogP contribution in [0, 0.1) is 5.92 Å². The van der Waals surface area contributed by atoms with Crippen LogP contribution in [-0.2, 0) is 14.3 Å². The van der Waals surface area contributed by atoms with E-state index < -0.39 is 5.97 Å². The van der Waals surface area contributed by atoms with E-state index in [1.54, 1.807) is 36.1 Å². The third-order valence-corrected chi connectivity index (χ3v) is 5.14. The van der Waals surface area contributed by atoms with Crippen molar-refractivity contribution in [2.75, 3.05) is 31.1 Å². The summed E-state index contributed by atoms with van der Waals surface area (Å²) in [7, 11) is 0. The average Bonchev–Trinajstić information content (AvgIpc) is 2.74. The summed E-state index contributed by atoms with van der Waals surface area (Å²) < 4.78 is 4.99. The highest BCUT2D eigenvalue weighted by molar-refractivity contribution is 6.10. The first-order valence-electron chi connectivity index (χ1n) is 9.44. The van der Waals surface area contributed by atoms with Crippen molar-refractivity contribution in [3.63, 3.8) is 0 Å². The Labute approximate surface area is 154 Å². The van der Waals surface area contributed by atoms with E-state index in [2.05, 4.69) is 0 Å². The zero-order valence-corrected chi connectivity index (χ0v) is 15.3. The Hall–Kier alpha value is -2.37. The Morgan fingerprint density at radius 1 is 1.15 bits per heavy atom. The molecule has 0 radical (unpaired) electrons. The molecule has 2 amide bonds. The molecule has 0 bridgehead atoms. The number of hydrogen-bond donors (Lipinski definition) is 0. The second kappa shape index (κ2) is 8.34. The topological polar surface area (TPSA) is 66.9 Å². The first-order chi connectivity index (χ1) is 12.6. The van der Waals surface area contributed by atoms with Gasteiger partial charge in [-0.05, 0) is 37.8 Å². The number of carbonyl (C=O) groups is 3. The minimum absolute atomic E-state index is 0.00339. The van der Waals surface area contributed by atoms with Crippen LogP contribution in [0.2, 0.25) is 0 Å². The molecule has 2 aliphatic rings. The Bertz CT molecular complexity index is 682. The van der Waals surface area contributed by atoms with Gasteiger partial charge in [-0.2, -0.15) is 0 Å². The summed E-state index contributed by atoms with van der Waals surface area (Å²) in [5.74, 6) is -0.397. The van der Waals surface area contributed by atoms with Gasteiger partial charge in [-0.1, -0.05) is 31.4 Å². The second-order valence-corrected chi connectivity index (χ2v) is 6.99. The number of nitrogens with zero attached hydrogens (tertiary/aromatic N) is 2. The zero-order chi connectivity index (χ0) is 18.5. The second-order valence-electron chi connectivity index (χ2n) is 6.99. The molecule has 0 atom stereocenters. The lowest BCUT2D eigenvalue weighted by molar-refractivity contribution is -0.142. The Kier molecular flexibility index (Phi) is 5.91. The molecular weight excluding hydrogens is 332 g/mol. The fourth-order valence-electron chi connectivity index (χ4n) is 3.85. The number of rotatable bonds is 5. The Morgan fingerprint density at radius 2 is 1.88 bits per heavy atom. The van der Waals surface area contributed by atoms with Crippen LogP contribution < -0.4 is 4.90 Å². The summed E-state index contributed by atoms with van der Waals surface area (Å²) in [6, 6.07) is 7.00. The molecule has 1 heterocycles. The molecule has 6 heteroatoms. The zero-order valence-electron chi connectivity index (χ0n) is 15.3. The van der Waals surface area contributed by atoms with Gasteiger partial charge in [-0.25, -0.2) is 0 Å². The van der Waals surface area contributed by atoms with Crippen LogP contribution in [0.3, 0.4) is 0 Å². The van der Waals surface area contributed by atoms with Gasteiger partial charge in [0.15, 0.2) is 0 Å². The van der Waals surface area contributed by atoms with Crippen LogP contribution in [0.1, 0.15) is 49.4 Å². The van der Waals surface area contributed by atoms with E-state index in [1.807, 2.05) is 0 Å². The van der Waals surface area contributed by atoms with Gasteiger partial charge in [0.05, 0.1) is 17.9 Å². The van der Waals surface area contributed by atoms with Crippen molar-refractivity contribution in [2.24, 2.45) is 5.92 Å². The molecule has 1 fully saturated rings. The van der Waals surface area contributed by atoms with Crippen molar-refractivity contribution >= 4 is 23.5 Å². The van der Waals surface area contributed by atoms with E-state index in [9.17, 15) is 14.4 Å².